The van der Waals surface area contributed by atoms with Gasteiger partial charge in [-0.2, -0.15) is 13.7 Å². The van der Waals surface area contributed by atoms with Gasteiger partial charge in [-0.15, -0.1) is 0 Å². The molecule has 0 radical (unpaired) electrons. The van der Waals surface area contributed by atoms with E-state index in [0.717, 1.165) is 12.0 Å². The van der Waals surface area contributed by atoms with E-state index in [2.05, 4.69) is 19.9 Å². The van der Waals surface area contributed by atoms with Crippen molar-refractivity contribution in [3.63, 3.8) is 0 Å². The van der Waals surface area contributed by atoms with Crippen LogP contribution < -0.4 is 5.14 Å². The summed E-state index contributed by atoms with van der Waals surface area (Å²) in [5.41, 5.74) is -5.15. The van der Waals surface area contributed by atoms with E-state index in [1.54, 1.807) is 19.1 Å². The highest BCUT2D eigenvalue weighted by Crippen LogP contribution is 2.75. The van der Waals surface area contributed by atoms with Crippen LogP contribution in [-0.4, -0.2) is 36.3 Å². The number of hydrogen-bond acceptors (Lipinski definition) is 7. The number of hydrogen-bond donors (Lipinski definition) is 2. The minimum Gasteiger partial charge on any atom is -0.381 e. The molecule has 0 spiro atoms. The molecule has 5 aliphatic rings. The number of carbonyl (C=O) groups excluding carboxylic acids is 2. The van der Waals surface area contributed by atoms with Crippen LogP contribution in [-0.2, 0) is 24.1 Å². The molecule has 0 aromatic carbocycles. The van der Waals surface area contributed by atoms with Crippen molar-refractivity contribution in [1.29, 1.82) is 5.26 Å². The van der Waals surface area contributed by atoms with E-state index in [4.69, 9.17) is 9.32 Å². The van der Waals surface area contributed by atoms with Crippen LogP contribution in [0.3, 0.4) is 0 Å². The number of allylic oxidation sites excluding steroid dienone is 3. The first-order chi connectivity index (χ1) is 17.6. The van der Waals surface area contributed by atoms with Gasteiger partial charge < -0.3 is 5.11 Å². The molecule has 3 saturated carbocycles. The lowest BCUT2D eigenvalue weighted by atomic mass is 9.33. The fraction of sp³-hybridized carbons (Fsp3) is 0.767. The largest absolute Gasteiger partial charge is 0.381 e. The van der Waals surface area contributed by atoms with Crippen LogP contribution in [0.2, 0.25) is 0 Å². The van der Waals surface area contributed by atoms with E-state index in [-0.39, 0.29) is 34.9 Å². The van der Waals surface area contributed by atoms with Gasteiger partial charge in [0.2, 0.25) is 0 Å². The molecular weight excluding hydrogens is 516 g/mol. The second-order valence-electron chi connectivity index (χ2n) is 14.9. The topological polar surface area (TPSA) is 148 Å². The first kappa shape index (κ1) is 28.7. The average Bonchev–Trinajstić information content (AvgIpc) is 2.81. The predicted octanol–water partition coefficient (Wildman–Crippen LogP) is 4.29. The Morgan fingerprint density at radius 1 is 1.00 bits per heavy atom. The monoisotopic (exact) mass is 558 g/mol. The van der Waals surface area contributed by atoms with Crippen molar-refractivity contribution in [2.24, 2.45) is 44.0 Å². The van der Waals surface area contributed by atoms with Gasteiger partial charge in [-0.3, -0.25) is 13.8 Å². The fourth-order valence-corrected chi connectivity index (χ4v) is 10.8. The summed E-state index contributed by atoms with van der Waals surface area (Å²) in [6.45, 7) is 13.8. The SMILES string of the molecule is CC1(C)C(=O)C(C#N)=C[C@]2(C)C3=CC(=O)[C@]4(O)[C@@H]5C[C@@](C)(OS(N)(=O)=O)CC[C@]5(C)CC[C@@]4(C)[C@]3(C)CC[C@@H]12. The Kier molecular flexibility index (Phi) is 5.81. The van der Waals surface area contributed by atoms with E-state index >= 15 is 0 Å². The number of nitrogens with two attached hydrogens (primary N) is 1. The zero-order valence-corrected chi connectivity index (χ0v) is 25.0. The summed E-state index contributed by atoms with van der Waals surface area (Å²) >= 11 is 0. The molecule has 5 rings (SSSR count). The molecule has 5 aliphatic carbocycles. The van der Waals surface area contributed by atoms with Gasteiger partial charge in [0.05, 0.1) is 11.2 Å². The Morgan fingerprint density at radius 3 is 2.21 bits per heavy atom. The highest BCUT2D eigenvalue weighted by atomic mass is 32.2. The van der Waals surface area contributed by atoms with Crippen LogP contribution in [0.5, 0.6) is 0 Å². The summed E-state index contributed by atoms with van der Waals surface area (Å²) in [7, 11) is -4.23. The molecule has 0 unspecified atom stereocenters. The summed E-state index contributed by atoms with van der Waals surface area (Å²) in [6.07, 6.45) is 7.45. The second kappa shape index (κ2) is 7.90. The first-order valence-corrected chi connectivity index (χ1v) is 15.5. The normalized spacial score (nSPS) is 48.9. The van der Waals surface area contributed by atoms with Gasteiger partial charge in [-0.25, -0.2) is 5.14 Å². The molecule has 39 heavy (non-hydrogen) atoms. The number of nitriles is 1. The lowest BCUT2D eigenvalue weighted by Crippen LogP contribution is -2.74. The van der Waals surface area contributed by atoms with Gasteiger partial charge in [-0.1, -0.05) is 47.6 Å². The van der Waals surface area contributed by atoms with Crippen LogP contribution >= 0.6 is 0 Å². The van der Waals surface area contributed by atoms with Crippen LogP contribution in [0.1, 0.15) is 93.4 Å². The number of nitrogens with zero attached hydrogens (tertiary/aromatic N) is 1. The summed E-state index contributed by atoms with van der Waals surface area (Å²) < 4.78 is 29.2. The van der Waals surface area contributed by atoms with Gasteiger partial charge >= 0.3 is 10.3 Å². The maximum absolute atomic E-state index is 14.4. The lowest BCUT2D eigenvalue weighted by Gasteiger charge is -2.71. The molecule has 8 nitrogen and oxygen atoms in total. The third kappa shape index (κ3) is 3.47. The van der Waals surface area contributed by atoms with Crippen LogP contribution in [0.4, 0.5) is 0 Å². The van der Waals surface area contributed by atoms with E-state index in [0.29, 0.717) is 32.1 Å². The molecule has 214 valence electrons. The van der Waals surface area contributed by atoms with Gasteiger partial charge in [0.25, 0.3) is 0 Å². The number of Topliss-reactive ketones (excluding diaryl/α,β-unsaturated/α-hetero) is 1. The highest BCUT2D eigenvalue weighted by molar-refractivity contribution is 7.84. The molecule has 3 N–H and O–H groups in total. The van der Waals surface area contributed by atoms with Crippen LogP contribution in [0.15, 0.2) is 23.3 Å². The van der Waals surface area contributed by atoms with E-state index in [1.807, 2.05) is 27.7 Å². The molecule has 0 aromatic rings. The van der Waals surface area contributed by atoms with Gasteiger partial charge in [-0.05, 0) is 80.3 Å². The first-order valence-electron chi connectivity index (χ1n) is 14.0. The number of ketones is 2. The van der Waals surface area contributed by atoms with Gasteiger partial charge in [0.15, 0.2) is 11.6 Å². The second-order valence-corrected chi connectivity index (χ2v) is 16.0. The molecule has 9 heteroatoms. The smallest absolute Gasteiger partial charge is 0.333 e. The number of fused-ring (bicyclic) bond motifs is 7. The van der Waals surface area contributed by atoms with Crippen molar-refractivity contribution in [2.75, 3.05) is 0 Å². The fourth-order valence-electron chi connectivity index (χ4n) is 10.1. The Morgan fingerprint density at radius 2 is 1.62 bits per heavy atom. The summed E-state index contributed by atoms with van der Waals surface area (Å²) in [5.74, 6) is -1.17. The molecule has 0 aromatic heterocycles. The van der Waals surface area contributed by atoms with Crippen molar-refractivity contribution in [1.82, 2.24) is 0 Å². The zero-order valence-electron chi connectivity index (χ0n) is 24.2. The number of rotatable bonds is 2. The van der Waals surface area contributed by atoms with Crippen molar-refractivity contribution in [3.05, 3.63) is 23.3 Å². The van der Waals surface area contributed by atoms with Crippen LogP contribution in [0, 0.1) is 50.2 Å². The van der Waals surface area contributed by atoms with Gasteiger partial charge in [0, 0.05) is 22.2 Å². The Labute approximate surface area is 232 Å². The minimum absolute atomic E-state index is 0.0912. The molecule has 3 fully saturated rings. The molecule has 0 amide bonds. The third-order valence-corrected chi connectivity index (χ3v) is 13.2. The summed E-state index contributed by atoms with van der Waals surface area (Å²) in [6, 6.07) is 2.11. The van der Waals surface area contributed by atoms with Crippen molar-refractivity contribution < 1.29 is 27.3 Å². The maximum atomic E-state index is 14.4. The summed E-state index contributed by atoms with van der Waals surface area (Å²) in [5, 5.41) is 27.9. The van der Waals surface area contributed by atoms with E-state index in [9.17, 15) is 28.4 Å². The minimum atomic E-state index is -4.23. The van der Waals surface area contributed by atoms with Crippen LogP contribution in [0.25, 0.3) is 0 Å². The van der Waals surface area contributed by atoms with Gasteiger partial charge in [0.1, 0.15) is 11.7 Å². The van der Waals surface area contributed by atoms with E-state index < -0.39 is 49.1 Å². The maximum Gasteiger partial charge on any atom is 0.333 e. The number of aliphatic hydroxyl groups is 1. The molecule has 8 atom stereocenters. The van der Waals surface area contributed by atoms with E-state index in [1.165, 1.54) is 0 Å². The standard InChI is InChI=1S/C30H42N2O6S/c1-24(2)19-8-9-28(6)20(27(19,5)15-18(17-31)23(24)34)14-22(33)30(35)21-16-26(4,38-39(32,36)37)12-10-25(21,3)11-13-29(28,30)7/h14-15,19,21,35H,8-13,16H2,1-7H3,(H2,32,36,37)/t19-,21+,25+,26-,27-,28+,29-,30+/m0/s1. The average molecular weight is 559 g/mol. The zero-order chi connectivity index (χ0) is 29.2. The Bertz CT molecular complexity index is 1390. The number of carbonyl (C=O) groups is 2. The van der Waals surface area contributed by atoms with Crippen molar-refractivity contribution in [2.45, 2.75) is 105 Å². The van der Waals surface area contributed by atoms with Crippen molar-refractivity contribution in [3.8, 4) is 6.07 Å². The lowest BCUT2D eigenvalue weighted by molar-refractivity contribution is -0.246. The Balaban J connectivity index is 1.70. The van der Waals surface area contributed by atoms with Crippen molar-refractivity contribution >= 4 is 21.9 Å². The third-order valence-electron chi connectivity index (χ3n) is 12.5. The predicted molar refractivity (Wildman–Crippen MR) is 145 cm³/mol. The highest BCUT2D eigenvalue weighted by Gasteiger charge is 2.75. The molecule has 0 heterocycles. The summed E-state index contributed by atoms with van der Waals surface area (Å²) in [4.78, 5) is 27.6. The molecule has 0 bridgehead atoms. The molecule has 0 saturated heterocycles. The quantitative estimate of drug-likeness (QED) is 0.514. The Hall–Kier alpha value is -1.86. The molecular formula is C30H42N2O6S. The molecule has 0 aliphatic heterocycles.